The molecule has 0 amide bonds. The summed E-state index contributed by atoms with van der Waals surface area (Å²) in [5.41, 5.74) is 1.13. The van der Waals surface area contributed by atoms with Gasteiger partial charge in [-0.15, -0.1) is 0 Å². The minimum atomic E-state index is -0.0506. The first-order valence-electron chi connectivity index (χ1n) is 7.81. The van der Waals surface area contributed by atoms with Gasteiger partial charge in [-0.1, -0.05) is 41.6 Å². The van der Waals surface area contributed by atoms with Gasteiger partial charge in [0.15, 0.2) is 0 Å². The highest BCUT2D eigenvalue weighted by atomic mass is 35.5. The van der Waals surface area contributed by atoms with Crippen LogP contribution in [0.25, 0.3) is 0 Å². The molecule has 0 fully saturated rings. The van der Waals surface area contributed by atoms with Crippen LogP contribution in [0.2, 0.25) is 5.02 Å². The molecule has 2 aromatic rings. The third-order valence-corrected chi connectivity index (χ3v) is 5.01. The Kier molecular flexibility index (Phi) is 6.98. The van der Waals surface area contributed by atoms with Gasteiger partial charge < -0.3 is 4.90 Å². The van der Waals surface area contributed by atoms with Gasteiger partial charge in [-0.2, -0.15) is 5.26 Å². The molecule has 0 aromatic heterocycles. The van der Waals surface area contributed by atoms with Crippen LogP contribution in [-0.4, -0.2) is 20.6 Å². The minimum Gasteiger partial charge on any atom is -0.340 e. The van der Waals surface area contributed by atoms with Gasteiger partial charge in [-0.3, -0.25) is 0 Å². The topological polar surface area (TPSA) is 28.2 Å². The summed E-state index contributed by atoms with van der Waals surface area (Å²) >= 11 is 7.64. The Hall–Kier alpha value is -1.47. The predicted molar refractivity (Wildman–Crippen MR) is 97.3 cm³/mol. The number of halogens is 1. The summed E-state index contributed by atoms with van der Waals surface area (Å²) in [6, 6.07) is 18.5. The van der Waals surface area contributed by atoms with E-state index in [9.17, 15) is 5.26 Å². The molecule has 0 spiro atoms. The second-order valence-corrected chi connectivity index (χ2v) is 7.43. The number of benzene rings is 2. The third kappa shape index (κ3) is 5.58. The number of rotatable bonds is 7. The molecule has 0 aliphatic rings. The van der Waals surface area contributed by atoms with Crippen molar-refractivity contribution >= 4 is 23.4 Å². The molecule has 120 valence electrons. The van der Waals surface area contributed by atoms with Crippen molar-refractivity contribution in [3.05, 3.63) is 59.1 Å². The molecular weight excluding hydrogens is 324 g/mol. The molecule has 0 radical (unpaired) electrons. The maximum atomic E-state index is 9.59. The van der Waals surface area contributed by atoms with Crippen molar-refractivity contribution in [1.29, 1.82) is 5.26 Å². The number of nitriles is 1. The molecule has 0 bridgehead atoms. The van der Waals surface area contributed by atoms with Crippen LogP contribution in [-0.2, 0) is 0 Å². The molecule has 0 saturated heterocycles. The summed E-state index contributed by atoms with van der Waals surface area (Å²) in [5, 5.41) is 10.3. The van der Waals surface area contributed by atoms with Crippen molar-refractivity contribution in [2.24, 2.45) is 0 Å². The second kappa shape index (κ2) is 8.98. The van der Waals surface area contributed by atoms with Gasteiger partial charge in [0.25, 0.3) is 0 Å². The van der Waals surface area contributed by atoms with E-state index >= 15 is 0 Å². The molecular formula is C19H22ClN2S+. The first-order valence-corrected chi connectivity index (χ1v) is 9.00. The summed E-state index contributed by atoms with van der Waals surface area (Å²) < 4.78 is 0. The Morgan fingerprint density at radius 2 is 1.83 bits per heavy atom. The van der Waals surface area contributed by atoms with Gasteiger partial charge in [0, 0.05) is 14.8 Å². The summed E-state index contributed by atoms with van der Waals surface area (Å²) in [7, 11) is 4.29. The molecule has 0 aliphatic heterocycles. The van der Waals surface area contributed by atoms with E-state index in [-0.39, 0.29) is 5.92 Å². The van der Waals surface area contributed by atoms with Crippen molar-refractivity contribution in [3.63, 3.8) is 0 Å². The fourth-order valence-corrected chi connectivity index (χ4v) is 3.57. The van der Waals surface area contributed by atoms with Crippen molar-refractivity contribution in [3.8, 4) is 6.07 Å². The average Bonchev–Trinajstić information content (AvgIpc) is 2.54. The molecule has 23 heavy (non-hydrogen) atoms. The smallest absolute Gasteiger partial charge is 0.0767 e. The fourth-order valence-electron chi connectivity index (χ4n) is 2.44. The average molecular weight is 346 g/mol. The van der Waals surface area contributed by atoms with Gasteiger partial charge in [0.05, 0.1) is 32.6 Å². The largest absolute Gasteiger partial charge is 0.340 e. The second-order valence-electron chi connectivity index (χ2n) is 5.87. The maximum absolute atomic E-state index is 9.59. The van der Waals surface area contributed by atoms with Crippen molar-refractivity contribution < 1.29 is 4.90 Å². The van der Waals surface area contributed by atoms with Gasteiger partial charge in [0.1, 0.15) is 0 Å². The molecule has 1 atom stereocenters. The van der Waals surface area contributed by atoms with E-state index in [1.165, 1.54) is 4.90 Å². The van der Waals surface area contributed by atoms with Crippen molar-refractivity contribution in [2.45, 2.75) is 28.6 Å². The van der Waals surface area contributed by atoms with E-state index in [0.717, 1.165) is 39.8 Å². The van der Waals surface area contributed by atoms with E-state index < -0.39 is 0 Å². The Bertz CT molecular complexity index is 662. The maximum Gasteiger partial charge on any atom is 0.0767 e. The normalized spacial score (nSPS) is 12.1. The highest BCUT2D eigenvalue weighted by Crippen LogP contribution is 2.35. The number of hydrogen-bond acceptors (Lipinski definition) is 2. The third-order valence-electron chi connectivity index (χ3n) is 3.66. The molecule has 2 nitrogen and oxygen atoms in total. The van der Waals surface area contributed by atoms with E-state index in [1.54, 1.807) is 11.8 Å². The molecule has 2 rings (SSSR count). The fraction of sp³-hybridized carbons (Fsp3) is 0.316. The Balaban J connectivity index is 2.15. The number of hydrogen-bond donors (Lipinski definition) is 1. The van der Waals surface area contributed by atoms with Crippen molar-refractivity contribution in [2.75, 3.05) is 20.6 Å². The monoisotopic (exact) mass is 345 g/mol. The van der Waals surface area contributed by atoms with Crippen LogP contribution < -0.4 is 4.90 Å². The number of nitrogens with zero attached hydrogens (tertiary/aromatic N) is 1. The van der Waals surface area contributed by atoms with Crippen LogP contribution in [0, 0.1) is 11.3 Å². The number of quaternary nitrogens is 1. The van der Waals surface area contributed by atoms with Gasteiger partial charge in [0.2, 0.25) is 0 Å². The summed E-state index contributed by atoms with van der Waals surface area (Å²) in [4.78, 5) is 3.71. The van der Waals surface area contributed by atoms with E-state index in [1.807, 2.05) is 36.4 Å². The first-order chi connectivity index (χ1) is 11.1. The zero-order chi connectivity index (χ0) is 16.7. The van der Waals surface area contributed by atoms with Crippen LogP contribution in [0.15, 0.2) is 58.3 Å². The SMILES string of the molecule is C[NH+](C)CCC[C@H](C#N)c1ccccc1Sc1ccc(Cl)cc1. The van der Waals surface area contributed by atoms with Crippen LogP contribution in [0.5, 0.6) is 0 Å². The first kappa shape index (κ1) is 17.9. The van der Waals surface area contributed by atoms with Crippen LogP contribution in [0.1, 0.15) is 24.3 Å². The predicted octanol–water partition coefficient (Wildman–Crippen LogP) is 4.02. The molecule has 2 aromatic carbocycles. The highest BCUT2D eigenvalue weighted by Gasteiger charge is 2.15. The van der Waals surface area contributed by atoms with Gasteiger partial charge >= 0.3 is 0 Å². The Morgan fingerprint density at radius 1 is 1.13 bits per heavy atom. The molecule has 1 N–H and O–H groups in total. The van der Waals surface area contributed by atoms with Crippen LogP contribution in [0.4, 0.5) is 0 Å². The molecule has 0 saturated carbocycles. The number of nitrogens with one attached hydrogen (secondary N) is 1. The highest BCUT2D eigenvalue weighted by molar-refractivity contribution is 7.99. The van der Waals surface area contributed by atoms with E-state index in [2.05, 4.69) is 32.3 Å². The molecule has 0 unspecified atom stereocenters. The minimum absolute atomic E-state index is 0.0506. The molecule has 0 aliphatic carbocycles. The zero-order valence-electron chi connectivity index (χ0n) is 13.6. The lowest BCUT2D eigenvalue weighted by Crippen LogP contribution is -3.05. The molecule has 4 heteroatoms. The lowest BCUT2D eigenvalue weighted by atomic mass is 9.95. The van der Waals surface area contributed by atoms with Crippen LogP contribution in [0.3, 0.4) is 0 Å². The Morgan fingerprint density at radius 3 is 2.48 bits per heavy atom. The quantitative estimate of drug-likeness (QED) is 0.820. The zero-order valence-corrected chi connectivity index (χ0v) is 15.1. The summed E-state index contributed by atoms with van der Waals surface area (Å²) in [6.07, 6.45) is 1.96. The van der Waals surface area contributed by atoms with Gasteiger partial charge in [-0.05, 0) is 48.7 Å². The van der Waals surface area contributed by atoms with E-state index in [0.29, 0.717) is 0 Å². The van der Waals surface area contributed by atoms with Crippen molar-refractivity contribution in [1.82, 2.24) is 0 Å². The molecule has 0 heterocycles. The van der Waals surface area contributed by atoms with Gasteiger partial charge in [-0.25, -0.2) is 0 Å². The summed E-state index contributed by atoms with van der Waals surface area (Å²) in [6.45, 7) is 1.09. The standard InChI is InChI=1S/C19H21ClN2S/c1-22(2)13-5-6-15(14-21)18-7-3-4-8-19(18)23-17-11-9-16(20)10-12-17/h3-4,7-12,15H,5-6,13H2,1-2H3/p+1/t15-/m1/s1. The Labute approximate surface area is 148 Å². The lowest BCUT2D eigenvalue weighted by molar-refractivity contribution is -0.858. The lowest BCUT2D eigenvalue weighted by Gasteiger charge is -2.15. The summed E-state index contributed by atoms with van der Waals surface area (Å²) in [5.74, 6) is -0.0506. The van der Waals surface area contributed by atoms with E-state index in [4.69, 9.17) is 11.6 Å². The van der Waals surface area contributed by atoms with Crippen LogP contribution >= 0.6 is 23.4 Å².